The number of rotatable bonds is 7. The van der Waals surface area contributed by atoms with Crippen molar-refractivity contribution in [3.05, 3.63) is 199 Å². The van der Waals surface area contributed by atoms with Gasteiger partial charge in [-0.25, -0.2) is 26.3 Å². The molecule has 4 aromatic heterocycles. The maximum absolute atomic E-state index is 14.2. The van der Waals surface area contributed by atoms with Crippen molar-refractivity contribution in [3.63, 3.8) is 0 Å². The first kappa shape index (κ1) is 62.6. The number of hydrogen-bond acceptors (Lipinski definition) is 7. The lowest BCUT2D eigenvalue weighted by Gasteiger charge is -2.04. The zero-order chi connectivity index (χ0) is 59.8. The molecule has 0 aliphatic rings. The van der Waals surface area contributed by atoms with Crippen LogP contribution in [-0.2, 0) is 26.4 Å². The van der Waals surface area contributed by atoms with Crippen LogP contribution in [0.1, 0.15) is 46.2 Å². The predicted molar refractivity (Wildman–Crippen MR) is 293 cm³/mol. The van der Waals surface area contributed by atoms with Gasteiger partial charge in [-0.05, 0) is 128 Å². The van der Waals surface area contributed by atoms with Gasteiger partial charge in [0.1, 0.15) is 34.9 Å². The van der Waals surface area contributed by atoms with Gasteiger partial charge in [-0.3, -0.25) is 20.0 Å². The molecule has 10 rings (SSSR count). The molecule has 0 unspecified atom stereocenters. The van der Waals surface area contributed by atoms with Gasteiger partial charge in [-0.15, -0.1) is 0 Å². The number of ketones is 1. The van der Waals surface area contributed by atoms with E-state index in [1.54, 1.807) is 32.0 Å². The van der Waals surface area contributed by atoms with Crippen LogP contribution in [0, 0.1) is 48.8 Å². The molecule has 0 fully saturated rings. The lowest BCUT2D eigenvalue weighted by Crippen LogP contribution is -2.35. The van der Waals surface area contributed by atoms with Gasteiger partial charge >= 0.3 is 19.5 Å². The number of alkyl halides is 6. The number of halogens is 14. The van der Waals surface area contributed by atoms with Crippen molar-refractivity contribution < 1.29 is 67.5 Å². The van der Waals surface area contributed by atoms with Gasteiger partial charge in [0, 0.05) is 62.5 Å². The standard InChI is InChI=1S/C20H14F5N3.C15H10BrF2N.C9H8F2O.C6H7BrN2.C5H6BF3N2O2/c1-10-12-8-11(16-9-17(20(23,24)25)27-28(16)2)6-7-15(12)26-19(10)18-13(21)4-3-5-14(18)22;1-8-10-7-9(16)5-6-13(10)19-15(8)14-11(17)3-2-4-12(14)18;1-2-8(12)9-6(10)4-3-5-7(9)11;7-5-1-3-6(9-8)4-2-5;1-11-4(6(12)13)2-3(10-11)5(7,8)9/h3-9,26H,1-2H3;2-7,19H,1H3;3-5H,2H2,1H3;1-4,9H,8H2;2,12-13H,1H3. The van der Waals surface area contributed by atoms with Crippen molar-refractivity contribution in [3.8, 4) is 33.8 Å². The molecule has 11 nitrogen and oxygen atoms in total. The number of aromatic amines is 2. The fraction of sp³-hybridized carbons (Fsp3) is 0.145. The number of nitrogens with one attached hydrogen (secondary N) is 3. The molecule has 0 spiro atoms. The van der Waals surface area contributed by atoms with Crippen molar-refractivity contribution in [2.75, 3.05) is 5.43 Å². The summed E-state index contributed by atoms with van der Waals surface area (Å²) in [6, 6.07) is 30.8. The fourth-order valence-corrected chi connectivity index (χ4v) is 8.61. The fourth-order valence-electron chi connectivity index (χ4n) is 7.98. The third-order valence-electron chi connectivity index (χ3n) is 12.0. The van der Waals surface area contributed by atoms with E-state index in [1.807, 2.05) is 49.4 Å². The molecular weight excluding hydrogens is 1220 g/mol. The largest absolute Gasteiger partial charge is 0.507 e. The zero-order valence-electron chi connectivity index (χ0n) is 42.9. The molecule has 0 aliphatic carbocycles. The van der Waals surface area contributed by atoms with Crippen molar-refractivity contribution in [1.82, 2.24) is 29.5 Å². The predicted octanol–water partition coefficient (Wildman–Crippen LogP) is 14.4. The Morgan fingerprint density at radius 1 is 0.605 bits per heavy atom. The molecule has 4 heterocycles. The number of aryl methyl sites for hydroxylation is 4. The van der Waals surface area contributed by atoms with Crippen molar-refractivity contribution >= 4 is 77.8 Å². The number of nitrogens with two attached hydrogens (primary N) is 1. The molecule has 6 aromatic carbocycles. The summed E-state index contributed by atoms with van der Waals surface area (Å²) in [5.74, 6) is 0.528. The first-order valence-corrected chi connectivity index (χ1v) is 25.2. The van der Waals surface area contributed by atoms with Gasteiger partial charge in [-0.2, -0.15) is 36.5 Å². The van der Waals surface area contributed by atoms with Crippen LogP contribution in [0.25, 0.3) is 55.6 Å². The highest BCUT2D eigenvalue weighted by Crippen LogP contribution is 2.38. The van der Waals surface area contributed by atoms with E-state index in [4.69, 9.17) is 15.9 Å². The minimum atomic E-state index is -4.56. The van der Waals surface area contributed by atoms with E-state index in [0.717, 1.165) is 58.7 Å². The number of hydrogen-bond donors (Lipinski definition) is 6. The second-order valence-corrected chi connectivity index (χ2v) is 19.2. The van der Waals surface area contributed by atoms with Crippen LogP contribution in [0.2, 0.25) is 0 Å². The number of anilines is 1. The molecule has 0 atom stereocenters. The SMILES string of the molecule is CCC(=O)c1c(F)cccc1F.Cc1c(-c2c(F)cccc2F)[nH]c2ccc(-c3cc(C(F)(F)F)nn3C)cc12.Cc1c(-c2c(F)cccc2F)[nH]c2ccc(Br)cc12.Cn1nc(C(F)(F)F)cc1B(O)O.NNc1ccc(Br)cc1. The summed E-state index contributed by atoms with van der Waals surface area (Å²) < 4.78 is 160. The second-order valence-electron chi connectivity index (χ2n) is 17.4. The summed E-state index contributed by atoms with van der Waals surface area (Å²) in [6.45, 7) is 5.12. The molecule has 0 saturated heterocycles. The molecule has 0 amide bonds. The lowest BCUT2D eigenvalue weighted by molar-refractivity contribution is -0.142. The number of benzene rings is 6. The highest BCUT2D eigenvalue weighted by Gasteiger charge is 2.36. The van der Waals surface area contributed by atoms with Gasteiger partial charge in [0.05, 0.1) is 39.4 Å². The monoisotopic (exact) mass is 1260 g/mol. The number of carbonyl (C=O) groups is 1. The molecule has 10 aromatic rings. The molecule has 0 saturated carbocycles. The van der Waals surface area contributed by atoms with E-state index in [9.17, 15) is 57.5 Å². The minimum Gasteiger partial charge on any atom is -0.422 e. The van der Waals surface area contributed by atoms with Crippen LogP contribution < -0.4 is 16.9 Å². The van der Waals surface area contributed by atoms with Crippen LogP contribution in [0.15, 0.2) is 136 Å². The van der Waals surface area contributed by atoms with E-state index < -0.39 is 77.1 Å². The Kier molecular flexibility index (Phi) is 20.3. The van der Waals surface area contributed by atoms with Gasteiger partial charge in [0.15, 0.2) is 17.2 Å². The first-order valence-electron chi connectivity index (χ1n) is 23.6. The van der Waals surface area contributed by atoms with E-state index in [1.165, 1.54) is 56.6 Å². The number of carbonyl (C=O) groups excluding carboxylic acids is 1. The maximum Gasteiger partial charge on any atom is 0.507 e. The van der Waals surface area contributed by atoms with E-state index in [-0.39, 0.29) is 28.8 Å². The highest BCUT2D eigenvalue weighted by molar-refractivity contribution is 9.10. The molecule has 0 bridgehead atoms. The third kappa shape index (κ3) is 15.0. The average molecular weight is 1260 g/mol. The molecule has 0 aliphatic heterocycles. The Balaban J connectivity index is 0.000000174. The third-order valence-corrected chi connectivity index (χ3v) is 13.0. The van der Waals surface area contributed by atoms with E-state index in [2.05, 4.69) is 57.5 Å². The molecule has 0 radical (unpaired) electrons. The van der Waals surface area contributed by atoms with Gasteiger partial charge < -0.3 is 25.4 Å². The smallest absolute Gasteiger partial charge is 0.422 e. The summed E-state index contributed by atoms with van der Waals surface area (Å²) in [5.41, 5.74) is 4.92. The quantitative estimate of drug-likeness (QED) is 0.0304. The molecule has 7 N–H and O–H groups in total. The normalized spacial score (nSPS) is 11.2. The number of Topliss-reactive ketones (excluding diaryl/α,β-unsaturated/α-hetero) is 1. The topological polar surface area (TPSA) is 163 Å². The van der Waals surface area contributed by atoms with Crippen LogP contribution in [0.4, 0.5) is 58.4 Å². The molecule has 424 valence electrons. The van der Waals surface area contributed by atoms with Crippen LogP contribution >= 0.6 is 31.9 Å². The number of aromatic nitrogens is 6. The lowest BCUT2D eigenvalue weighted by atomic mass is 9.86. The van der Waals surface area contributed by atoms with Crippen molar-refractivity contribution in [1.29, 1.82) is 0 Å². The Morgan fingerprint density at radius 3 is 1.43 bits per heavy atom. The maximum atomic E-state index is 14.2. The Hall–Kier alpha value is -7.65. The Bertz CT molecular complexity index is 3780. The number of nitrogens with zero attached hydrogens (tertiary/aromatic N) is 4. The number of H-pyrrole nitrogens is 2. The van der Waals surface area contributed by atoms with Crippen molar-refractivity contribution in [2.24, 2.45) is 19.9 Å². The van der Waals surface area contributed by atoms with Gasteiger partial charge in [0.25, 0.3) is 0 Å². The first-order chi connectivity index (χ1) is 38.0. The molecule has 26 heteroatoms. The number of nitrogen functional groups attached to an aromatic ring is 1. The van der Waals surface area contributed by atoms with Crippen LogP contribution in [0.3, 0.4) is 0 Å². The second kappa shape index (κ2) is 26.3. The molecule has 81 heavy (non-hydrogen) atoms. The van der Waals surface area contributed by atoms with Crippen LogP contribution in [-0.4, -0.2) is 52.5 Å². The van der Waals surface area contributed by atoms with E-state index >= 15 is 0 Å². The zero-order valence-corrected chi connectivity index (χ0v) is 46.0. The summed E-state index contributed by atoms with van der Waals surface area (Å²) >= 11 is 6.70. The Labute approximate surface area is 470 Å². The van der Waals surface area contributed by atoms with Gasteiger partial charge in [0.2, 0.25) is 0 Å². The summed E-state index contributed by atoms with van der Waals surface area (Å²) in [6.07, 6.45) is -9.00. The van der Waals surface area contributed by atoms with Crippen molar-refractivity contribution in [2.45, 2.75) is 39.5 Å². The molecular formula is C55H45BBr2F12N8O3. The minimum absolute atomic E-state index is 0.00711. The van der Waals surface area contributed by atoms with Gasteiger partial charge in [-0.1, -0.05) is 63.0 Å². The Morgan fingerprint density at radius 2 is 1.02 bits per heavy atom. The average Bonchev–Trinajstić information content (AvgIpc) is 4.20. The summed E-state index contributed by atoms with van der Waals surface area (Å²) in [7, 11) is 0.678. The van der Waals surface area contributed by atoms with Crippen LogP contribution in [0.5, 0.6) is 0 Å². The highest BCUT2D eigenvalue weighted by atomic mass is 79.9. The van der Waals surface area contributed by atoms with E-state index in [0.29, 0.717) is 39.5 Å². The number of fused-ring (bicyclic) bond motifs is 2. The summed E-state index contributed by atoms with van der Waals surface area (Å²) in [5, 5.41) is 25.4. The number of hydrazine groups is 1. The summed E-state index contributed by atoms with van der Waals surface area (Å²) in [4.78, 5) is 17.1.